The molecule has 3 aromatic carbocycles. The molecule has 1 aliphatic heterocycles. The quantitative estimate of drug-likeness (QED) is 0.492. The van der Waals surface area contributed by atoms with Crippen molar-refractivity contribution < 1.29 is 8.42 Å². The van der Waals surface area contributed by atoms with Crippen LogP contribution < -0.4 is 10.2 Å². The van der Waals surface area contributed by atoms with E-state index in [4.69, 9.17) is 0 Å². The zero-order chi connectivity index (χ0) is 19.1. The van der Waals surface area contributed by atoms with Crippen LogP contribution in [0.5, 0.6) is 0 Å². The maximum atomic E-state index is 13.4. The van der Waals surface area contributed by atoms with E-state index in [1.807, 2.05) is 48.5 Å². The average molecular weight is 464 g/mol. The standard InChI is InChI=1S/C22H21N3O2S.2ClH/c26-28(27,19-9-8-17-4-1-2-5-18(17)16-19)25-13-10-20-21(6-3-7-22(20)25)24-14-11-23-12-15-24;;/h1-10,13,16,23H,11-12,14-15H2;2*1H. The van der Waals surface area contributed by atoms with Gasteiger partial charge in [0.15, 0.2) is 0 Å². The average Bonchev–Trinajstić information content (AvgIpc) is 3.19. The number of halogens is 2. The molecule has 30 heavy (non-hydrogen) atoms. The van der Waals surface area contributed by atoms with Gasteiger partial charge in [-0.3, -0.25) is 0 Å². The highest BCUT2D eigenvalue weighted by Crippen LogP contribution is 2.31. The minimum atomic E-state index is -3.68. The predicted molar refractivity (Wildman–Crippen MR) is 128 cm³/mol. The number of fused-ring (bicyclic) bond motifs is 2. The number of hydrogen-bond donors (Lipinski definition) is 1. The number of nitrogens with one attached hydrogen (secondary N) is 1. The molecule has 0 radical (unpaired) electrons. The highest BCUT2D eigenvalue weighted by molar-refractivity contribution is 7.90. The van der Waals surface area contributed by atoms with E-state index in [1.165, 1.54) is 3.97 Å². The van der Waals surface area contributed by atoms with E-state index >= 15 is 0 Å². The second-order valence-electron chi connectivity index (χ2n) is 7.07. The van der Waals surface area contributed by atoms with Gasteiger partial charge in [0.05, 0.1) is 10.4 Å². The molecule has 2 heterocycles. The van der Waals surface area contributed by atoms with Crippen LogP contribution in [-0.2, 0) is 10.0 Å². The number of aromatic nitrogens is 1. The van der Waals surface area contributed by atoms with Gasteiger partial charge in [0.2, 0.25) is 0 Å². The Kier molecular flexibility index (Phi) is 6.62. The molecule has 0 spiro atoms. The Morgan fingerprint density at radius 3 is 2.30 bits per heavy atom. The summed E-state index contributed by atoms with van der Waals surface area (Å²) in [6.45, 7) is 3.71. The first kappa shape index (κ1) is 22.4. The van der Waals surface area contributed by atoms with Gasteiger partial charge < -0.3 is 10.2 Å². The molecule has 8 heteroatoms. The summed E-state index contributed by atoms with van der Waals surface area (Å²) in [6.07, 6.45) is 1.67. The Hall–Kier alpha value is -2.25. The van der Waals surface area contributed by atoms with Crippen LogP contribution in [0.25, 0.3) is 21.7 Å². The van der Waals surface area contributed by atoms with Crippen molar-refractivity contribution in [3.05, 3.63) is 72.9 Å². The molecule has 1 aromatic heterocycles. The zero-order valence-corrected chi connectivity index (χ0v) is 18.6. The number of piperazine rings is 1. The van der Waals surface area contributed by atoms with Gasteiger partial charge in [-0.05, 0) is 41.1 Å². The zero-order valence-electron chi connectivity index (χ0n) is 16.2. The second-order valence-corrected chi connectivity index (χ2v) is 8.89. The molecule has 0 saturated carbocycles. The molecular formula is C22H23Cl2N3O2S. The number of rotatable bonds is 3. The molecular weight excluding hydrogens is 441 g/mol. The van der Waals surface area contributed by atoms with Crippen molar-refractivity contribution in [2.75, 3.05) is 31.1 Å². The lowest BCUT2D eigenvalue weighted by Gasteiger charge is -2.30. The molecule has 1 fully saturated rings. The lowest BCUT2D eigenvalue weighted by atomic mass is 10.1. The van der Waals surface area contributed by atoms with Gasteiger partial charge in [-0.2, -0.15) is 0 Å². The Labute approximate surface area is 188 Å². The van der Waals surface area contributed by atoms with Crippen molar-refractivity contribution in [2.45, 2.75) is 4.90 Å². The summed E-state index contributed by atoms with van der Waals surface area (Å²) in [5.41, 5.74) is 1.80. The molecule has 1 aliphatic rings. The third-order valence-electron chi connectivity index (χ3n) is 5.41. The van der Waals surface area contributed by atoms with E-state index < -0.39 is 10.0 Å². The third-order valence-corrected chi connectivity index (χ3v) is 7.10. The van der Waals surface area contributed by atoms with Gasteiger partial charge in [-0.15, -0.1) is 24.8 Å². The van der Waals surface area contributed by atoms with Crippen LogP contribution in [0.15, 0.2) is 77.8 Å². The third kappa shape index (κ3) is 3.76. The fourth-order valence-electron chi connectivity index (χ4n) is 3.96. The molecule has 0 atom stereocenters. The van der Waals surface area contributed by atoms with E-state index in [-0.39, 0.29) is 24.8 Å². The fraction of sp³-hybridized carbons (Fsp3) is 0.182. The highest BCUT2D eigenvalue weighted by atomic mass is 35.5. The van der Waals surface area contributed by atoms with Gasteiger partial charge in [0, 0.05) is 43.4 Å². The Balaban J connectivity index is 0.00000128. The molecule has 1 saturated heterocycles. The second kappa shape index (κ2) is 8.86. The summed E-state index contributed by atoms with van der Waals surface area (Å²) in [5.74, 6) is 0. The first-order valence-electron chi connectivity index (χ1n) is 9.45. The minimum Gasteiger partial charge on any atom is -0.368 e. The maximum Gasteiger partial charge on any atom is 0.268 e. The van der Waals surface area contributed by atoms with Crippen molar-refractivity contribution in [2.24, 2.45) is 0 Å². The van der Waals surface area contributed by atoms with Crippen LogP contribution in [0.2, 0.25) is 0 Å². The maximum absolute atomic E-state index is 13.4. The first-order chi connectivity index (χ1) is 13.6. The van der Waals surface area contributed by atoms with Gasteiger partial charge in [0.1, 0.15) is 0 Å². The van der Waals surface area contributed by atoms with Crippen LogP contribution in [0.3, 0.4) is 0 Å². The lowest BCUT2D eigenvalue weighted by Crippen LogP contribution is -2.43. The van der Waals surface area contributed by atoms with E-state index in [9.17, 15) is 8.42 Å². The van der Waals surface area contributed by atoms with Crippen molar-refractivity contribution in [1.82, 2.24) is 9.29 Å². The molecule has 5 nitrogen and oxygen atoms in total. The molecule has 1 N–H and O–H groups in total. The van der Waals surface area contributed by atoms with Crippen molar-refractivity contribution >= 4 is 62.2 Å². The lowest BCUT2D eigenvalue weighted by molar-refractivity contribution is 0.589. The fourth-order valence-corrected chi connectivity index (χ4v) is 5.34. The van der Waals surface area contributed by atoms with Gasteiger partial charge in [-0.25, -0.2) is 12.4 Å². The Morgan fingerprint density at radius 2 is 1.53 bits per heavy atom. The smallest absolute Gasteiger partial charge is 0.268 e. The van der Waals surface area contributed by atoms with Gasteiger partial charge in [-0.1, -0.05) is 36.4 Å². The largest absolute Gasteiger partial charge is 0.368 e. The molecule has 0 bridgehead atoms. The van der Waals surface area contributed by atoms with E-state index in [0.29, 0.717) is 10.4 Å². The summed E-state index contributed by atoms with van der Waals surface area (Å²) < 4.78 is 28.2. The number of hydrogen-bond acceptors (Lipinski definition) is 4. The number of nitrogens with zero attached hydrogens (tertiary/aromatic N) is 2. The summed E-state index contributed by atoms with van der Waals surface area (Å²) in [5, 5.41) is 6.27. The van der Waals surface area contributed by atoms with Gasteiger partial charge >= 0.3 is 0 Å². The van der Waals surface area contributed by atoms with E-state index in [0.717, 1.165) is 48.0 Å². The molecule has 0 unspecified atom stereocenters. The Morgan fingerprint density at radius 1 is 0.800 bits per heavy atom. The summed E-state index contributed by atoms with van der Waals surface area (Å²) in [7, 11) is -3.68. The van der Waals surface area contributed by atoms with Crippen molar-refractivity contribution in [1.29, 1.82) is 0 Å². The van der Waals surface area contributed by atoms with Crippen LogP contribution in [-0.4, -0.2) is 38.6 Å². The molecule has 5 rings (SSSR count). The van der Waals surface area contributed by atoms with Crippen molar-refractivity contribution in [3.8, 4) is 0 Å². The minimum absolute atomic E-state index is 0. The topological polar surface area (TPSA) is 54.3 Å². The predicted octanol–water partition coefficient (Wildman–Crippen LogP) is 4.28. The van der Waals surface area contributed by atoms with Crippen LogP contribution in [0, 0.1) is 0 Å². The van der Waals surface area contributed by atoms with E-state index in [2.05, 4.69) is 16.3 Å². The normalized spacial score (nSPS) is 14.3. The van der Waals surface area contributed by atoms with E-state index in [1.54, 1.807) is 18.3 Å². The summed E-state index contributed by atoms with van der Waals surface area (Å²) in [6, 6.07) is 20.9. The Bertz CT molecular complexity index is 1280. The van der Waals surface area contributed by atoms with Crippen LogP contribution in [0.1, 0.15) is 0 Å². The van der Waals surface area contributed by atoms with Crippen LogP contribution >= 0.6 is 24.8 Å². The summed E-state index contributed by atoms with van der Waals surface area (Å²) >= 11 is 0. The number of benzene rings is 3. The van der Waals surface area contributed by atoms with Gasteiger partial charge in [0.25, 0.3) is 10.0 Å². The van der Waals surface area contributed by atoms with Crippen molar-refractivity contribution in [3.63, 3.8) is 0 Å². The monoisotopic (exact) mass is 463 g/mol. The molecule has 158 valence electrons. The number of anilines is 1. The molecule has 4 aromatic rings. The first-order valence-corrected chi connectivity index (χ1v) is 10.9. The van der Waals surface area contributed by atoms with Crippen LogP contribution in [0.4, 0.5) is 5.69 Å². The SMILES string of the molecule is Cl.Cl.O=S(=O)(c1ccc2ccccc2c1)n1ccc2c(N3CCNCC3)cccc21. The molecule has 0 aliphatic carbocycles. The molecule has 0 amide bonds. The summed E-state index contributed by atoms with van der Waals surface area (Å²) in [4.78, 5) is 2.61. The highest BCUT2D eigenvalue weighted by Gasteiger charge is 2.21.